The fraction of sp³-hybridized carbons (Fsp3) is 0.444. The van der Waals surface area contributed by atoms with E-state index in [1.807, 2.05) is 43.3 Å². The highest BCUT2D eigenvalue weighted by atomic mass is 32.2. The van der Waals surface area contributed by atoms with Crippen LogP contribution in [0.25, 0.3) is 11.3 Å². The van der Waals surface area contributed by atoms with Crippen molar-refractivity contribution in [2.45, 2.75) is 51.0 Å². The van der Waals surface area contributed by atoms with Crippen LogP contribution in [0.4, 0.5) is 5.69 Å². The Morgan fingerprint density at radius 1 is 0.972 bits per heavy atom. The van der Waals surface area contributed by atoms with Gasteiger partial charge in [0, 0.05) is 25.0 Å². The van der Waals surface area contributed by atoms with E-state index >= 15 is 0 Å². The van der Waals surface area contributed by atoms with Crippen LogP contribution in [0.3, 0.4) is 0 Å². The van der Waals surface area contributed by atoms with Gasteiger partial charge in [-0.15, -0.1) is 11.3 Å². The van der Waals surface area contributed by atoms with Crippen LogP contribution in [0.15, 0.2) is 63.8 Å². The molecule has 2 aromatic carbocycles. The number of hydrogen-bond donors (Lipinski definition) is 0. The molecule has 1 fully saturated rings. The van der Waals surface area contributed by atoms with Crippen molar-refractivity contribution in [2.75, 3.05) is 32.9 Å². The smallest absolute Gasteiger partial charge is 0.243 e. The van der Waals surface area contributed by atoms with Gasteiger partial charge in [0.25, 0.3) is 0 Å². The molecule has 1 aliphatic heterocycles. The van der Waals surface area contributed by atoms with Crippen LogP contribution in [-0.4, -0.2) is 50.2 Å². The Hall–Kier alpha value is -2.46. The average Bonchev–Trinajstić information content (AvgIpc) is 3.30. The molecule has 1 aliphatic rings. The summed E-state index contributed by atoms with van der Waals surface area (Å²) >= 11 is 1.60. The number of rotatable bonds is 11. The predicted molar refractivity (Wildman–Crippen MR) is 144 cm³/mol. The lowest BCUT2D eigenvalue weighted by atomic mass is 10.1. The summed E-state index contributed by atoms with van der Waals surface area (Å²) in [5.41, 5.74) is 2.91. The molecule has 0 radical (unpaired) electrons. The normalized spacial score (nSPS) is 15.3. The molecule has 0 bridgehead atoms. The third kappa shape index (κ3) is 6.45. The number of sulfonamides is 1. The maximum absolute atomic E-state index is 13.0. The highest BCUT2D eigenvalue weighted by Gasteiger charge is 2.26. The van der Waals surface area contributed by atoms with E-state index in [2.05, 4.69) is 16.9 Å². The van der Waals surface area contributed by atoms with Gasteiger partial charge in [-0.2, -0.15) is 4.31 Å². The second-order valence-electron chi connectivity index (χ2n) is 8.70. The largest absolute Gasteiger partial charge is 0.494 e. The zero-order chi connectivity index (χ0) is 25.4. The Balaban J connectivity index is 1.63. The van der Waals surface area contributed by atoms with Crippen LogP contribution in [0, 0.1) is 0 Å². The van der Waals surface area contributed by atoms with Crippen molar-refractivity contribution in [1.82, 2.24) is 8.87 Å². The summed E-state index contributed by atoms with van der Waals surface area (Å²) in [7, 11) is -3.51. The molecular weight excluding hydrogens is 494 g/mol. The van der Waals surface area contributed by atoms with Crippen LogP contribution >= 0.6 is 11.3 Å². The molecule has 0 amide bonds. The lowest BCUT2D eigenvalue weighted by molar-refractivity contribution is 0.0730. The molecule has 0 spiro atoms. The molecule has 194 valence electrons. The molecule has 1 saturated heterocycles. The molecule has 36 heavy (non-hydrogen) atoms. The number of unbranched alkanes of at least 4 members (excludes halogenated alkanes) is 3. The molecule has 0 unspecified atom stereocenters. The number of hydrogen-bond acceptors (Lipinski definition) is 6. The maximum Gasteiger partial charge on any atom is 0.243 e. The van der Waals surface area contributed by atoms with Crippen molar-refractivity contribution in [3.05, 3.63) is 58.7 Å². The van der Waals surface area contributed by atoms with Crippen LogP contribution in [0.5, 0.6) is 5.75 Å². The Morgan fingerprint density at radius 2 is 1.69 bits per heavy atom. The molecule has 1 aromatic heterocycles. The van der Waals surface area contributed by atoms with Crippen molar-refractivity contribution in [3.63, 3.8) is 0 Å². The summed E-state index contributed by atoms with van der Waals surface area (Å²) in [5.74, 6) is 0.836. The number of morpholine rings is 1. The monoisotopic (exact) mass is 529 g/mol. The molecule has 0 atom stereocenters. The van der Waals surface area contributed by atoms with E-state index in [0.717, 1.165) is 46.9 Å². The molecule has 0 N–H and O–H groups in total. The third-order valence-electron chi connectivity index (χ3n) is 6.16. The van der Waals surface area contributed by atoms with E-state index in [0.29, 0.717) is 37.8 Å². The van der Waals surface area contributed by atoms with Crippen molar-refractivity contribution < 1.29 is 17.9 Å². The van der Waals surface area contributed by atoms with Gasteiger partial charge in [0.15, 0.2) is 4.80 Å². The molecule has 2 heterocycles. The minimum Gasteiger partial charge on any atom is -0.494 e. The molecule has 9 heteroatoms. The number of aromatic nitrogens is 1. The quantitative estimate of drug-likeness (QED) is 0.310. The molecule has 3 aromatic rings. The first-order valence-electron chi connectivity index (χ1n) is 12.7. The Kier molecular flexibility index (Phi) is 9.36. The molecule has 0 saturated carbocycles. The summed E-state index contributed by atoms with van der Waals surface area (Å²) in [6, 6.07) is 15.0. The zero-order valence-corrected chi connectivity index (χ0v) is 22.7. The standard InChI is InChI=1S/C27H35N3O4S2/c1-3-5-6-7-16-30-26(21-35-27(30)28-23-10-12-24(13-11-23)34-4-2)22-8-14-25(15-9-22)36(31,32)29-17-19-33-20-18-29/h8-15,21H,3-7,16-20H2,1-2H3. The summed E-state index contributed by atoms with van der Waals surface area (Å²) in [5, 5.41) is 2.11. The first kappa shape index (κ1) is 26.6. The van der Waals surface area contributed by atoms with Crippen LogP contribution in [0.2, 0.25) is 0 Å². The van der Waals surface area contributed by atoms with E-state index in [4.69, 9.17) is 14.5 Å². The number of thiazole rings is 1. The molecule has 7 nitrogen and oxygen atoms in total. The summed E-state index contributed by atoms with van der Waals surface area (Å²) in [4.78, 5) is 6.16. The minimum atomic E-state index is -3.51. The highest BCUT2D eigenvalue weighted by molar-refractivity contribution is 7.89. The maximum atomic E-state index is 13.0. The summed E-state index contributed by atoms with van der Waals surface area (Å²) in [6.45, 7) is 7.33. The van der Waals surface area contributed by atoms with Crippen molar-refractivity contribution in [3.8, 4) is 17.0 Å². The van der Waals surface area contributed by atoms with Crippen LogP contribution in [-0.2, 0) is 21.3 Å². The van der Waals surface area contributed by atoms with E-state index < -0.39 is 10.0 Å². The first-order chi connectivity index (χ1) is 17.5. The Morgan fingerprint density at radius 3 is 2.36 bits per heavy atom. The second-order valence-corrected chi connectivity index (χ2v) is 11.5. The van der Waals surface area contributed by atoms with Crippen molar-refractivity contribution >= 4 is 27.0 Å². The van der Waals surface area contributed by atoms with Crippen molar-refractivity contribution in [2.24, 2.45) is 4.99 Å². The lowest BCUT2D eigenvalue weighted by Gasteiger charge is -2.26. The highest BCUT2D eigenvalue weighted by Crippen LogP contribution is 2.25. The Labute approximate surface area is 218 Å². The summed E-state index contributed by atoms with van der Waals surface area (Å²) in [6.07, 6.45) is 4.62. The van der Waals surface area contributed by atoms with E-state index in [9.17, 15) is 8.42 Å². The Bertz CT molecular complexity index is 1270. The fourth-order valence-corrected chi connectivity index (χ4v) is 6.55. The molecular formula is C27H35N3O4S2. The van der Waals surface area contributed by atoms with Gasteiger partial charge in [-0.25, -0.2) is 13.4 Å². The average molecular weight is 530 g/mol. The topological polar surface area (TPSA) is 73.1 Å². The van der Waals surface area contributed by atoms with Gasteiger partial charge in [0.1, 0.15) is 5.75 Å². The number of nitrogens with zero attached hydrogens (tertiary/aromatic N) is 3. The predicted octanol–water partition coefficient (Wildman–Crippen LogP) is 5.45. The number of benzene rings is 2. The zero-order valence-electron chi connectivity index (χ0n) is 21.1. The SMILES string of the molecule is CCCCCCn1c(-c2ccc(S(=O)(=O)N3CCOCC3)cc2)csc1=Nc1ccc(OCC)cc1. The van der Waals surface area contributed by atoms with Gasteiger partial charge in [-0.05, 0) is 55.3 Å². The van der Waals surface area contributed by atoms with E-state index in [1.54, 1.807) is 23.5 Å². The molecule has 4 rings (SSSR count). The third-order valence-corrected chi connectivity index (χ3v) is 8.94. The fourth-order valence-electron chi connectivity index (χ4n) is 4.19. The van der Waals surface area contributed by atoms with E-state index in [1.165, 1.54) is 17.1 Å². The van der Waals surface area contributed by atoms with Crippen LogP contribution < -0.4 is 9.54 Å². The van der Waals surface area contributed by atoms with Gasteiger partial charge in [0.05, 0.1) is 36.1 Å². The molecule has 0 aliphatic carbocycles. The van der Waals surface area contributed by atoms with Crippen molar-refractivity contribution in [1.29, 1.82) is 0 Å². The second kappa shape index (κ2) is 12.7. The van der Waals surface area contributed by atoms with Crippen LogP contribution in [0.1, 0.15) is 39.5 Å². The number of ether oxygens (including phenoxy) is 2. The lowest BCUT2D eigenvalue weighted by Crippen LogP contribution is -2.40. The van der Waals surface area contributed by atoms with E-state index in [-0.39, 0.29) is 0 Å². The van der Waals surface area contributed by atoms with Gasteiger partial charge >= 0.3 is 0 Å². The van der Waals surface area contributed by atoms with Gasteiger partial charge < -0.3 is 14.0 Å². The summed E-state index contributed by atoms with van der Waals surface area (Å²) < 4.78 is 40.6. The van der Waals surface area contributed by atoms with Gasteiger partial charge in [0.2, 0.25) is 10.0 Å². The first-order valence-corrected chi connectivity index (χ1v) is 15.0. The minimum absolute atomic E-state index is 0.317. The van der Waals surface area contributed by atoms with Gasteiger partial charge in [-0.1, -0.05) is 38.3 Å². The van der Waals surface area contributed by atoms with Gasteiger partial charge in [-0.3, -0.25) is 0 Å².